The molecule has 10 nitrogen and oxygen atoms in total. The lowest BCUT2D eigenvalue weighted by Gasteiger charge is -2.22. The Labute approximate surface area is 225 Å². The molecule has 0 unspecified atom stereocenters. The summed E-state index contributed by atoms with van der Waals surface area (Å²) in [6, 6.07) is 2.76. The number of carbonyl (C=O) groups excluding carboxylic acids is 2. The van der Waals surface area contributed by atoms with Crippen LogP contribution >= 0.6 is 11.3 Å². The van der Waals surface area contributed by atoms with Crippen LogP contribution in [0, 0.1) is 6.92 Å². The van der Waals surface area contributed by atoms with E-state index < -0.39 is 0 Å². The highest BCUT2D eigenvalue weighted by Crippen LogP contribution is 2.40. The lowest BCUT2D eigenvalue weighted by atomic mass is 10.2. The smallest absolute Gasteiger partial charge is 0.271 e. The molecule has 11 heteroatoms. The number of carbonyl (C=O) groups is 2. The van der Waals surface area contributed by atoms with Gasteiger partial charge in [-0.3, -0.25) is 9.59 Å². The molecule has 0 saturated heterocycles. The van der Waals surface area contributed by atoms with Gasteiger partial charge < -0.3 is 24.3 Å². The predicted octanol–water partition coefficient (Wildman–Crippen LogP) is 4.24. The number of aromatic nitrogens is 5. The van der Waals surface area contributed by atoms with Crippen molar-refractivity contribution in [1.29, 1.82) is 0 Å². The predicted molar refractivity (Wildman–Crippen MR) is 149 cm³/mol. The Morgan fingerprint density at radius 3 is 2.50 bits per heavy atom. The number of amides is 2. The average molecular weight is 535 g/mol. The van der Waals surface area contributed by atoms with Crippen LogP contribution in [0.4, 0.5) is 10.9 Å². The van der Waals surface area contributed by atoms with E-state index in [-0.39, 0.29) is 18.2 Å². The summed E-state index contributed by atoms with van der Waals surface area (Å²) in [5, 5.41) is 4.98. The van der Waals surface area contributed by atoms with E-state index in [4.69, 9.17) is 9.97 Å². The van der Waals surface area contributed by atoms with Crippen molar-refractivity contribution >= 4 is 56.2 Å². The molecule has 2 fully saturated rings. The Morgan fingerprint density at radius 1 is 1.16 bits per heavy atom. The number of anilines is 2. The number of imidazole rings is 1. The molecule has 6 rings (SSSR count). The third-order valence-electron chi connectivity index (χ3n) is 7.69. The van der Waals surface area contributed by atoms with E-state index in [0.717, 1.165) is 58.3 Å². The molecule has 0 bridgehead atoms. The van der Waals surface area contributed by atoms with Crippen LogP contribution in [-0.4, -0.2) is 71.4 Å². The van der Waals surface area contributed by atoms with E-state index in [0.29, 0.717) is 41.8 Å². The number of fused-ring (bicyclic) bond motifs is 3. The Kier molecular flexibility index (Phi) is 6.13. The van der Waals surface area contributed by atoms with Crippen LogP contribution in [-0.2, 0) is 24.8 Å². The quantitative estimate of drug-likeness (QED) is 0.345. The highest BCUT2D eigenvalue weighted by atomic mass is 32.1. The number of thiazole rings is 1. The maximum Gasteiger partial charge on any atom is 0.271 e. The van der Waals surface area contributed by atoms with E-state index in [9.17, 15) is 9.59 Å². The normalized spacial score (nSPS) is 15.4. The molecular weight excluding hydrogens is 500 g/mol. The van der Waals surface area contributed by atoms with Gasteiger partial charge in [0.2, 0.25) is 5.91 Å². The third-order valence-corrected chi connectivity index (χ3v) is 8.62. The molecule has 0 spiro atoms. The SMILES string of the molecule is CCN(C)C(=O)Cc1nc(Nc2nc3c(cc(C(=O)N(C4CC4)C4CC4)n3CC)c3c2ncn3C)sc1C. The van der Waals surface area contributed by atoms with E-state index >= 15 is 0 Å². The van der Waals surface area contributed by atoms with Crippen LogP contribution in [0.15, 0.2) is 12.4 Å². The Bertz CT molecular complexity index is 1550. The largest absolute Gasteiger partial charge is 0.346 e. The van der Waals surface area contributed by atoms with Crippen LogP contribution in [0.2, 0.25) is 0 Å². The standard InChI is InChI=1S/C27H34N8O2S/c1-6-32(4)21(36)13-19-15(3)38-27(29-19)31-24-22-23(33(5)14-28-22)18-12-20(34(7-2)25(18)30-24)26(37)35(16-8-9-16)17-10-11-17/h12,14,16-17H,6-11,13H2,1-5H3,(H,29,30,31). The van der Waals surface area contributed by atoms with E-state index in [2.05, 4.69) is 22.1 Å². The van der Waals surface area contributed by atoms with Crippen LogP contribution in [0.3, 0.4) is 0 Å². The molecule has 38 heavy (non-hydrogen) atoms. The Hall–Kier alpha value is -3.47. The van der Waals surface area contributed by atoms with Gasteiger partial charge in [-0.2, -0.15) is 0 Å². The summed E-state index contributed by atoms with van der Waals surface area (Å²) >= 11 is 1.50. The number of nitrogens with one attached hydrogen (secondary N) is 1. The zero-order valence-electron chi connectivity index (χ0n) is 22.6. The number of hydrogen-bond donors (Lipinski definition) is 1. The van der Waals surface area contributed by atoms with Gasteiger partial charge >= 0.3 is 0 Å². The summed E-state index contributed by atoms with van der Waals surface area (Å²) < 4.78 is 4.01. The van der Waals surface area contributed by atoms with Gasteiger partial charge in [-0.15, -0.1) is 11.3 Å². The molecule has 1 N–H and O–H groups in total. The average Bonchev–Trinajstić information content (AvgIpc) is 3.82. The molecule has 4 aromatic heterocycles. The minimum atomic E-state index is 0.0449. The molecule has 0 radical (unpaired) electrons. The number of likely N-dealkylation sites (N-methyl/N-ethyl adjacent to an activating group) is 1. The number of pyridine rings is 1. The summed E-state index contributed by atoms with van der Waals surface area (Å²) in [7, 11) is 3.77. The maximum atomic E-state index is 13.8. The summed E-state index contributed by atoms with van der Waals surface area (Å²) in [6.07, 6.45) is 6.44. The van der Waals surface area contributed by atoms with Crippen molar-refractivity contribution in [3.63, 3.8) is 0 Å². The molecule has 0 aliphatic heterocycles. The lowest BCUT2D eigenvalue weighted by molar-refractivity contribution is -0.129. The van der Waals surface area contributed by atoms with Gasteiger partial charge in [0, 0.05) is 49.5 Å². The highest BCUT2D eigenvalue weighted by molar-refractivity contribution is 7.15. The third kappa shape index (κ3) is 4.22. The molecule has 2 amide bonds. The first-order valence-corrected chi connectivity index (χ1v) is 14.3. The summed E-state index contributed by atoms with van der Waals surface area (Å²) in [6.45, 7) is 7.29. The van der Waals surface area contributed by atoms with Crippen molar-refractivity contribution in [2.75, 3.05) is 18.9 Å². The van der Waals surface area contributed by atoms with Gasteiger partial charge in [-0.1, -0.05) is 0 Å². The molecular formula is C27H34N8O2S. The fourth-order valence-corrected chi connectivity index (χ4v) is 6.00. The molecule has 2 aliphatic carbocycles. The van der Waals surface area contributed by atoms with E-state index in [1.54, 1.807) is 18.3 Å². The van der Waals surface area contributed by atoms with Gasteiger partial charge in [0.25, 0.3) is 5.91 Å². The molecule has 4 aromatic rings. The summed E-state index contributed by atoms with van der Waals surface area (Å²) in [5.41, 5.74) is 3.88. The summed E-state index contributed by atoms with van der Waals surface area (Å²) in [5.74, 6) is 0.753. The summed E-state index contributed by atoms with van der Waals surface area (Å²) in [4.78, 5) is 45.4. The Balaban J connectivity index is 1.40. The van der Waals surface area contributed by atoms with Gasteiger partial charge in [0.05, 0.1) is 24.0 Å². The minimum absolute atomic E-state index is 0.0449. The van der Waals surface area contributed by atoms with E-state index in [1.807, 2.05) is 36.1 Å². The van der Waals surface area contributed by atoms with Gasteiger partial charge in [0.1, 0.15) is 16.9 Å². The molecule has 2 saturated carbocycles. The monoisotopic (exact) mass is 534 g/mol. The molecule has 200 valence electrons. The van der Waals surface area contributed by atoms with Crippen molar-refractivity contribution in [1.82, 2.24) is 33.9 Å². The van der Waals surface area contributed by atoms with Crippen LogP contribution in [0.25, 0.3) is 22.1 Å². The minimum Gasteiger partial charge on any atom is -0.346 e. The van der Waals surface area contributed by atoms with Crippen molar-refractivity contribution in [3.8, 4) is 0 Å². The van der Waals surface area contributed by atoms with Gasteiger partial charge in [-0.25, -0.2) is 15.0 Å². The first kappa shape index (κ1) is 24.8. The van der Waals surface area contributed by atoms with Crippen LogP contribution < -0.4 is 5.32 Å². The van der Waals surface area contributed by atoms with Crippen LogP contribution in [0.5, 0.6) is 0 Å². The zero-order valence-corrected chi connectivity index (χ0v) is 23.4. The van der Waals surface area contributed by atoms with Crippen molar-refractivity contribution in [2.24, 2.45) is 7.05 Å². The topological polar surface area (TPSA) is 101 Å². The van der Waals surface area contributed by atoms with Gasteiger partial charge in [0.15, 0.2) is 10.9 Å². The molecule has 0 atom stereocenters. The molecule has 2 aliphatic rings. The first-order valence-electron chi connectivity index (χ1n) is 13.4. The second-order valence-corrected chi connectivity index (χ2v) is 11.6. The number of rotatable bonds is 9. The fraction of sp³-hybridized carbons (Fsp3) is 0.519. The maximum absolute atomic E-state index is 13.8. The highest BCUT2D eigenvalue weighted by Gasteiger charge is 2.43. The number of hydrogen-bond acceptors (Lipinski definition) is 7. The van der Waals surface area contributed by atoms with Crippen molar-refractivity contribution in [3.05, 3.63) is 28.7 Å². The first-order chi connectivity index (χ1) is 18.3. The van der Waals surface area contributed by atoms with E-state index in [1.165, 1.54) is 11.3 Å². The Morgan fingerprint density at radius 2 is 1.87 bits per heavy atom. The molecule has 0 aromatic carbocycles. The second kappa shape index (κ2) is 9.37. The fourth-order valence-electron chi connectivity index (χ4n) is 5.17. The number of aryl methyl sites for hydroxylation is 3. The van der Waals surface area contributed by atoms with Crippen molar-refractivity contribution in [2.45, 2.75) is 71.5 Å². The zero-order chi connectivity index (χ0) is 26.7. The van der Waals surface area contributed by atoms with Crippen LogP contribution in [0.1, 0.15) is 60.6 Å². The molecule has 4 heterocycles. The van der Waals surface area contributed by atoms with Gasteiger partial charge in [-0.05, 0) is 52.5 Å². The van der Waals surface area contributed by atoms with Crippen molar-refractivity contribution < 1.29 is 9.59 Å². The lowest BCUT2D eigenvalue weighted by Crippen LogP contribution is -2.36. The second-order valence-electron chi connectivity index (χ2n) is 10.4. The number of nitrogens with zero attached hydrogens (tertiary/aromatic N) is 7.